The van der Waals surface area contributed by atoms with E-state index in [-0.39, 0.29) is 40.6 Å². The molecule has 0 saturated heterocycles. The lowest BCUT2D eigenvalue weighted by Crippen LogP contribution is -2.58. The van der Waals surface area contributed by atoms with E-state index < -0.39 is 68.1 Å². The fourth-order valence-electron chi connectivity index (χ4n) is 5.63. The van der Waals surface area contributed by atoms with E-state index in [2.05, 4.69) is 15.4 Å². The normalized spacial score (nSPS) is 25.2. The van der Waals surface area contributed by atoms with Gasteiger partial charge in [0.25, 0.3) is 5.91 Å². The Balaban J connectivity index is 1.54. The summed E-state index contributed by atoms with van der Waals surface area (Å²) in [7, 11) is -2.98. The molecule has 2 aromatic carbocycles. The van der Waals surface area contributed by atoms with Crippen molar-refractivity contribution in [3.05, 3.63) is 58.4 Å². The van der Waals surface area contributed by atoms with E-state index >= 15 is 0 Å². The van der Waals surface area contributed by atoms with Gasteiger partial charge in [-0.15, -0.1) is 0 Å². The average molecular weight is 591 g/mol. The maximum Gasteiger partial charge on any atom is 0.406 e. The van der Waals surface area contributed by atoms with Crippen molar-refractivity contribution in [3.63, 3.8) is 0 Å². The number of amides is 2. The molecular weight excluding hydrogens is 565 g/mol. The van der Waals surface area contributed by atoms with E-state index in [0.717, 1.165) is 13.2 Å². The number of ether oxygens (including phenoxy) is 1. The average Bonchev–Trinajstić information content (AvgIpc) is 3.05. The Morgan fingerprint density at radius 3 is 2.28 bits per heavy atom. The number of methoxy groups -OCH3 is 1. The minimum Gasteiger partial charge on any atom is -0.453 e. The van der Waals surface area contributed by atoms with Crippen molar-refractivity contribution in [1.82, 2.24) is 5.32 Å². The summed E-state index contributed by atoms with van der Waals surface area (Å²) in [4.78, 5) is 23.8. The molecule has 4 N–H and O–H groups in total. The summed E-state index contributed by atoms with van der Waals surface area (Å²) in [5, 5.41) is 25.4. The van der Waals surface area contributed by atoms with Crippen molar-refractivity contribution < 1.29 is 46.1 Å². The van der Waals surface area contributed by atoms with Crippen LogP contribution in [0.3, 0.4) is 0 Å². The number of sulfone groups is 1. The zero-order chi connectivity index (χ0) is 28.7. The number of fused-ring (bicyclic) bond motifs is 2. The summed E-state index contributed by atoms with van der Waals surface area (Å²) >= 11 is 6.21. The number of alkyl carbamates (subject to hydrolysis) is 1. The quantitative estimate of drug-likeness (QED) is 0.362. The third-order valence-corrected chi connectivity index (χ3v) is 10.3. The van der Waals surface area contributed by atoms with Gasteiger partial charge in [-0.1, -0.05) is 11.6 Å². The van der Waals surface area contributed by atoms with Crippen LogP contribution in [0.4, 0.5) is 23.7 Å². The molecule has 2 aliphatic carbocycles. The summed E-state index contributed by atoms with van der Waals surface area (Å²) < 4.78 is 72.0. The molecule has 0 aliphatic heterocycles. The van der Waals surface area contributed by atoms with Gasteiger partial charge in [0.1, 0.15) is 6.10 Å². The van der Waals surface area contributed by atoms with Gasteiger partial charge in [-0.2, -0.15) is 0 Å². The predicted molar refractivity (Wildman–Crippen MR) is 134 cm³/mol. The third-order valence-electron chi connectivity index (χ3n) is 7.61. The highest BCUT2D eigenvalue weighted by molar-refractivity contribution is 7.92. The zero-order valence-electron chi connectivity index (χ0n) is 20.6. The van der Waals surface area contributed by atoms with Crippen LogP contribution in [0.25, 0.3) is 0 Å². The Morgan fingerprint density at radius 1 is 1.13 bits per heavy atom. The molecule has 14 heteroatoms. The summed E-state index contributed by atoms with van der Waals surface area (Å²) in [6.45, 7) is -0.279. The van der Waals surface area contributed by atoms with Crippen LogP contribution in [0.15, 0.2) is 35.2 Å². The first kappa shape index (κ1) is 29.1. The van der Waals surface area contributed by atoms with E-state index in [4.69, 9.17) is 11.6 Å². The molecule has 5 atom stereocenters. The van der Waals surface area contributed by atoms with Gasteiger partial charge in [0, 0.05) is 29.9 Å². The molecule has 39 heavy (non-hydrogen) atoms. The van der Waals surface area contributed by atoms with Gasteiger partial charge < -0.3 is 25.6 Å². The lowest BCUT2D eigenvalue weighted by molar-refractivity contribution is -0.139. The highest BCUT2D eigenvalue weighted by Gasteiger charge is 2.59. The standard InChI is InChI=1S/C25H26ClF3N2O7S/c1-38-24(34)30-11-21(32)25(35)13-3-4-14(25)8-16(7-13)39(36,37)20-6-12(2-5-17(20)26)23(33)31-15-9-18(27)22(29)19(28)10-15/h2,5-6,9-10,13-14,16,21,32,35H,3-4,7-8,11H2,1H3,(H,30,34)(H,31,33)/t13-,14?,16-,21?,25-/m0/s1. The maximum atomic E-state index is 13.6. The van der Waals surface area contributed by atoms with Crippen LogP contribution in [0.5, 0.6) is 0 Å². The van der Waals surface area contributed by atoms with Crippen molar-refractivity contribution in [2.24, 2.45) is 11.8 Å². The number of anilines is 1. The second-order valence-electron chi connectivity index (χ2n) is 9.74. The van der Waals surface area contributed by atoms with Gasteiger partial charge in [0.2, 0.25) is 0 Å². The minimum atomic E-state index is -4.14. The molecule has 0 aromatic heterocycles. The van der Waals surface area contributed by atoms with Crippen molar-refractivity contribution in [2.75, 3.05) is 19.0 Å². The molecule has 2 amide bonds. The van der Waals surface area contributed by atoms with Crippen molar-refractivity contribution >= 4 is 39.1 Å². The lowest BCUT2D eigenvalue weighted by atomic mass is 9.71. The lowest BCUT2D eigenvalue weighted by Gasteiger charge is -2.45. The maximum absolute atomic E-state index is 13.6. The molecule has 2 saturated carbocycles. The van der Waals surface area contributed by atoms with Gasteiger partial charge in [0.05, 0.1) is 27.9 Å². The Labute approximate surface area is 227 Å². The molecule has 2 aliphatic rings. The summed E-state index contributed by atoms with van der Waals surface area (Å²) in [5.41, 5.74) is -2.17. The molecule has 2 fully saturated rings. The molecule has 2 bridgehead atoms. The fourth-order valence-corrected chi connectivity index (χ4v) is 8.03. The van der Waals surface area contributed by atoms with Gasteiger partial charge >= 0.3 is 6.09 Å². The second kappa shape index (κ2) is 11.0. The molecule has 0 heterocycles. The Kier molecular flexibility index (Phi) is 8.18. The van der Waals surface area contributed by atoms with Crippen molar-refractivity contribution in [2.45, 2.75) is 47.5 Å². The van der Waals surface area contributed by atoms with Crippen molar-refractivity contribution in [3.8, 4) is 0 Å². The van der Waals surface area contributed by atoms with E-state index in [1.165, 1.54) is 12.1 Å². The van der Waals surface area contributed by atoms with Crippen LogP contribution in [-0.4, -0.2) is 61.2 Å². The Bertz CT molecular complexity index is 1370. The first-order valence-corrected chi connectivity index (χ1v) is 13.9. The van der Waals surface area contributed by atoms with E-state index in [9.17, 15) is 41.4 Å². The van der Waals surface area contributed by atoms with Crippen LogP contribution >= 0.6 is 11.6 Å². The van der Waals surface area contributed by atoms with Crippen LogP contribution in [-0.2, 0) is 14.6 Å². The molecular formula is C25H26ClF3N2O7S. The van der Waals surface area contributed by atoms with Gasteiger partial charge in [-0.05, 0) is 55.7 Å². The number of carbonyl (C=O) groups is 2. The number of nitrogens with one attached hydrogen (secondary N) is 2. The predicted octanol–water partition coefficient (Wildman–Crippen LogP) is 3.42. The first-order chi connectivity index (χ1) is 18.3. The monoisotopic (exact) mass is 590 g/mol. The molecule has 2 aromatic rings. The van der Waals surface area contributed by atoms with E-state index in [1.54, 1.807) is 0 Å². The number of hydrogen-bond acceptors (Lipinski definition) is 7. The fraction of sp³-hybridized carbons (Fsp3) is 0.440. The summed E-state index contributed by atoms with van der Waals surface area (Å²) in [6.07, 6.45) is -1.20. The van der Waals surface area contributed by atoms with Gasteiger partial charge in [-0.3, -0.25) is 4.79 Å². The van der Waals surface area contributed by atoms with Gasteiger partial charge in [0.15, 0.2) is 27.3 Å². The van der Waals surface area contributed by atoms with E-state index in [0.29, 0.717) is 25.0 Å². The number of hydrogen-bond donors (Lipinski definition) is 4. The largest absolute Gasteiger partial charge is 0.453 e. The topological polar surface area (TPSA) is 142 Å². The Hall–Kier alpha value is -2.87. The molecule has 0 radical (unpaired) electrons. The molecule has 2 unspecified atom stereocenters. The van der Waals surface area contributed by atoms with Crippen LogP contribution in [0.1, 0.15) is 36.0 Å². The number of rotatable bonds is 7. The molecule has 9 nitrogen and oxygen atoms in total. The Morgan fingerprint density at radius 2 is 1.72 bits per heavy atom. The van der Waals surface area contributed by atoms with Gasteiger partial charge in [-0.25, -0.2) is 26.4 Å². The first-order valence-electron chi connectivity index (χ1n) is 12.0. The highest BCUT2D eigenvalue weighted by Crippen LogP contribution is 2.53. The van der Waals surface area contributed by atoms with Crippen LogP contribution < -0.4 is 10.6 Å². The number of aliphatic hydroxyl groups excluding tert-OH is 1. The second-order valence-corrected chi connectivity index (χ2v) is 12.3. The molecule has 0 spiro atoms. The highest BCUT2D eigenvalue weighted by atomic mass is 35.5. The molecule has 212 valence electrons. The van der Waals surface area contributed by atoms with Crippen LogP contribution in [0, 0.1) is 29.3 Å². The third kappa shape index (κ3) is 5.45. The number of benzene rings is 2. The SMILES string of the molecule is COC(=O)NCC(O)[C@@]1(O)C2CC[C@H]1C[C@H](S(=O)(=O)c1cc(C(=O)Nc3cc(F)c(F)c(F)c3)ccc1Cl)C2. The summed E-state index contributed by atoms with van der Waals surface area (Å²) in [6, 6.07) is 4.63. The smallest absolute Gasteiger partial charge is 0.406 e. The number of carbonyl (C=O) groups excluding carboxylic acids is 2. The summed E-state index contributed by atoms with van der Waals surface area (Å²) in [5.74, 6) is -6.80. The van der Waals surface area contributed by atoms with Crippen LogP contribution in [0.2, 0.25) is 5.02 Å². The number of halogens is 4. The van der Waals surface area contributed by atoms with Crippen molar-refractivity contribution in [1.29, 1.82) is 0 Å². The number of aliphatic hydroxyl groups is 2. The zero-order valence-corrected chi connectivity index (χ0v) is 22.2. The minimum absolute atomic E-state index is 0.00546. The molecule has 4 rings (SSSR count). The van der Waals surface area contributed by atoms with E-state index in [1.807, 2.05) is 0 Å².